The molecule has 0 aliphatic carbocycles. The van der Waals surface area contributed by atoms with E-state index in [0.717, 1.165) is 19.4 Å². The lowest BCUT2D eigenvalue weighted by molar-refractivity contribution is -0.137. The third kappa shape index (κ3) is 2.55. The van der Waals surface area contributed by atoms with E-state index < -0.39 is 0 Å². The van der Waals surface area contributed by atoms with Gasteiger partial charge in [-0.2, -0.15) is 0 Å². The second-order valence-electron chi connectivity index (χ2n) is 5.29. The van der Waals surface area contributed by atoms with E-state index in [9.17, 15) is 4.79 Å². The van der Waals surface area contributed by atoms with Crippen LogP contribution < -0.4 is 5.73 Å². The van der Waals surface area contributed by atoms with Crippen LogP contribution in [0.2, 0.25) is 0 Å². The van der Waals surface area contributed by atoms with Crippen LogP contribution >= 0.6 is 0 Å². The van der Waals surface area contributed by atoms with E-state index in [2.05, 4.69) is 6.92 Å². The zero-order valence-corrected chi connectivity index (χ0v) is 10.2. The predicted molar refractivity (Wildman–Crippen MR) is 61.9 cm³/mol. The van der Waals surface area contributed by atoms with Gasteiger partial charge in [0.1, 0.15) is 0 Å². The highest BCUT2D eigenvalue weighted by molar-refractivity contribution is 5.77. The van der Waals surface area contributed by atoms with Crippen LogP contribution in [0.5, 0.6) is 0 Å². The fourth-order valence-corrected chi connectivity index (χ4v) is 2.53. The van der Waals surface area contributed by atoms with Gasteiger partial charge in [-0.05, 0) is 25.7 Å². The normalized spacial score (nSPS) is 40.4. The summed E-state index contributed by atoms with van der Waals surface area (Å²) in [6.07, 6.45) is 3.32. The van der Waals surface area contributed by atoms with E-state index in [1.807, 2.05) is 11.8 Å². The van der Waals surface area contributed by atoms with Crippen molar-refractivity contribution in [3.63, 3.8) is 0 Å². The van der Waals surface area contributed by atoms with Gasteiger partial charge in [0.25, 0.3) is 0 Å². The summed E-state index contributed by atoms with van der Waals surface area (Å²) in [5.74, 6) is 0.546. The maximum atomic E-state index is 11.8. The van der Waals surface area contributed by atoms with Gasteiger partial charge >= 0.3 is 0 Å². The quantitative estimate of drug-likeness (QED) is 0.756. The molecule has 0 saturated carbocycles. The minimum atomic E-state index is 0.122. The topological polar surface area (TPSA) is 55.6 Å². The molecule has 0 aromatic heterocycles. The Morgan fingerprint density at radius 1 is 1.44 bits per heavy atom. The molecule has 4 unspecified atom stereocenters. The number of nitrogens with zero attached hydrogens (tertiary/aromatic N) is 1. The molecular formula is C12H22N2O2. The number of hydrogen-bond acceptors (Lipinski definition) is 3. The van der Waals surface area contributed by atoms with Gasteiger partial charge in [-0.1, -0.05) is 6.92 Å². The molecule has 0 aromatic rings. The van der Waals surface area contributed by atoms with Crippen LogP contribution in [0.1, 0.15) is 33.1 Å². The standard InChI is InChI=1S/C12H22N2O2/c1-8-5-12(15)14(7-11(8)13)6-10-4-3-9(2)16-10/h8-11H,3-7,13H2,1-2H3. The van der Waals surface area contributed by atoms with Crippen molar-refractivity contribution in [2.75, 3.05) is 13.1 Å². The first-order valence-electron chi connectivity index (χ1n) is 6.25. The van der Waals surface area contributed by atoms with Crippen molar-refractivity contribution >= 4 is 5.91 Å². The fourth-order valence-electron chi connectivity index (χ4n) is 2.53. The largest absolute Gasteiger partial charge is 0.373 e. The molecule has 0 spiro atoms. The van der Waals surface area contributed by atoms with Gasteiger partial charge in [0.15, 0.2) is 0 Å². The molecule has 92 valence electrons. The molecule has 2 N–H and O–H groups in total. The lowest BCUT2D eigenvalue weighted by Gasteiger charge is -2.36. The molecule has 2 heterocycles. The van der Waals surface area contributed by atoms with Crippen molar-refractivity contribution in [1.29, 1.82) is 0 Å². The molecule has 4 heteroatoms. The molecule has 4 atom stereocenters. The SMILES string of the molecule is CC1CCC(CN2CC(N)C(C)CC2=O)O1. The van der Waals surface area contributed by atoms with Gasteiger partial charge in [-0.15, -0.1) is 0 Å². The van der Waals surface area contributed by atoms with Gasteiger partial charge < -0.3 is 15.4 Å². The summed E-state index contributed by atoms with van der Waals surface area (Å²) in [5.41, 5.74) is 6.00. The first-order valence-corrected chi connectivity index (χ1v) is 6.25. The third-order valence-electron chi connectivity index (χ3n) is 3.76. The second-order valence-corrected chi connectivity index (χ2v) is 5.29. The Kier molecular flexibility index (Phi) is 3.50. The van der Waals surface area contributed by atoms with Crippen LogP contribution in [0.4, 0.5) is 0 Å². The maximum Gasteiger partial charge on any atom is 0.223 e. The van der Waals surface area contributed by atoms with E-state index in [1.54, 1.807) is 0 Å². The number of nitrogens with two attached hydrogens (primary N) is 1. The number of hydrogen-bond donors (Lipinski definition) is 1. The van der Waals surface area contributed by atoms with Crippen LogP contribution in [-0.4, -0.2) is 42.1 Å². The molecular weight excluding hydrogens is 204 g/mol. The number of ether oxygens (including phenoxy) is 1. The van der Waals surface area contributed by atoms with Crippen LogP contribution in [-0.2, 0) is 9.53 Å². The number of rotatable bonds is 2. The Hall–Kier alpha value is -0.610. The second kappa shape index (κ2) is 4.72. The lowest BCUT2D eigenvalue weighted by Crippen LogP contribution is -2.52. The average molecular weight is 226 g/mol. The van der Waals surface area contributed by atoms with Crippen LogP contribution in [0.3, 0.4) is 0 Å². The van der Waals surface area contributed by atoms with E-state index in [1.165, 1.54) is 0 Å². The molecule has 16 heavy (non-hydrogen) atoms. The summed E-state index contributed by atoms with van der Waals surface area (Å²) in [5, 5.41) is 0. The van der Waals surface area contributed by atoms with E-state index >= 15 is 0 Å². The maximum absolute atomic E-state index is 11.8. The van der Waals surface area contributed by atoms with Crippen LogP contribution in [0.15, 0.2) is 0 Å². The minimum Gasteiger partial charge on any atom is -0.373 e. The number of piperidine rings is 1. The van der Waals surface area contributed by atoms with Crippen LogP contribution in [0.25, 0.3) is 0 Å². The third-order valence-corrected chi connectivity index (χ3v) is 3.76. The average Bonchev–Trinajstić information content (AvgIpc) is 2.60. The fraction of sp³-hybridized carbons (Fsp3) is 0.917. The highest BCUT2D eigenvalue weighted by Crippen LogP contribution is 2.23. The Labute approximate surface area is 97.1 Å². The molecule has 2 fully saturated rings. The van der Waals surface area contributed by atoms with E-state index in [0.29, 0.717) is 25.0 Å². The Balaban J connectivity index is 1.87. The number of carbonyl (C=O) groups excluding carboxylic acids is 1. The van der Waals surface area contributed by atoms with Crippen molar-refractivity contribution in [1.82, 2.24) is 4.90 Å². The van der Waals surface area contributed by atoms with E-state index in [-0.39, 0.29) is 18.1 Å². The molecule has 2 saturated heterocycles. The van der Waals surface area contributed by atoms with Crippen molar-refractivity contribution in [3.8, 4) is 0 Å². The molecule has 2 aliphatic heterocycles. The van der Waals surface area contributed by atoms with Crippen LogP contribution in [0, 0.1) is 5.92 Å². The molecule has 0 aromatic carbocycles. The molecule has 4 nitrogen and oxygen atoms in total. The van der Waals surface area contributed by atoms with Crippen molar-refractivity contribution in [2.24, 2.45) is 11.7 Å². The Morgan fingerprint density at radius 2 is 2.19 bits per heavy atom. The monoisotopic (exact) mass is 226 g/mol. The van der Waals surface area contributed by atoms with Gasteiger partial charge in [-0.3, -0.25) is 4.79 Å². The van der Waals surface area contributed by atoms with Crippen molar-refractivity contribution < 1.29 is 9.53 Å². The Morgan fingerprint density at radius 3 is 2.81 bits per heavy atom. The Bertz CT molecular complexity index is 270. The zero-order valence-electron chi connectivity index (χ0n) is 10.2. The summed E-state index contributed by atoms with van der Waals surface area (Å²) >= 11 is 0. The molecule has 2 aliphatic rings. The van der Waals surface area contributed by atoms with Gasteiger partial charge in [-0.25, -0.2) is 0 Å². The van der Waals surface area contributed by atoms with Crippen molar-refractivity contribution in [2.45, 2.75) is 51.4 Å². The zero-order chi connectivity index (χ0) is 11.7. The molecule has 2 rings (SSSR count). The number of carbonyl (C=O) groups is 1. The molecule has 0 radical (unpaired) electrons. The first kappa shape index (κ1) is 11.9. The molecule has 1 amide bonds. The smallest absolute Gasteiger partial charge is 0.223 e. The number of likely N-dealkylation sites (tertiary alicyclic amines) is 1. The lowest BCUT2D eigenvalue weighted by atomic mass is 9.93. The highest BCUT2D eigenvalue weighted by atomic mass is 16.5. The summed E-state index contributed by atoms with van der Waals surface area (Å²) in [6, 6.07) is 0.122. The van der Waals surface area contributed by atoms with E-state index in [4.69, 9.17) is 10.5 Å². The summed E-state index contributed by atoms with van der Waals surface area (Å²) < 4.78 is 5.74. The summed E-state index contributed by atoms with van der Waals surface area (Å²) in [6.45, 7) is 5.55. The van der Waals surface area contributed by atoms with Gasteiger partial charge in [0, 0.05) is 25.6 Å². The summed E-state index contributed by atoms with van der Waals surface area (Å²) in [4.78, 5) is 13.7. The number of amides is 1. The van der Waals surface area contributed by atoms with Gasteiger partial charge in [0.2, 0.25) is 5.91 Å². The summed E-state index contributed by atoms with van der Waals surface area (Å²) in [7, 11) is 0. The highest BCUT2D eigenvalue weighted by Gasteiger charge is 2.32. The minimum absolute atomic E-state index is 0.122. The predicted octanol–water partition coefficient (Wildman–Crippen LogP) is 0.750. The molecule has 0 bridgehead atoms. The van der Waals surface area contributed by atoms with Gasteiger partial charge in [0.05, 0.1) is 12.2 Å². The van der Waals surface area contributed by atoms with Crippen molar-refractivity contribution in [3.05, 3.63) is 0 Å². The first-order chi connectivity index (χ1) is 7.56.